The van der Waals surface area contributed by atoms with E-state index < -0.39 is 0 Å². The van der Waals surface area contributed by atoms with E-state index in [-0.39, 0.29) is 6.10 Å². The molecule has 1 fully saturated rings. The number of benzene rings is 1. The van der Waals surface area contributed by atoms with Gasteiger partial charge in [0.15, 0.2) is 0 Å². The average molecular weight is 228 g/mol. The molecular weight excluding hydrogens is 208 g/mol. The maximum atomic E-state index is 10.5. The van der Waals surface area contributed by atoms with E-state index in [9.17, 15) is 5.11 Å². The largest absolute Gasteiger partial charge is 0.388 e. The Morgan fingerprint density at radius 2 is 1.88 bits per heavy atom. The third-order valence-corrected chi connectivity index (χ3v) is 4.34. The molecule has 0 aromatic heterocycles. The molecule has 17 heavy (non-hydrogen) atoms. The molecule has 90 valence electrons. The molecule has 1 aromatic carbocycles. The van der Waals surface area contributed by atoms with Crippen molar-refractivity contribution in [1.82, 2.24) is 0 Å². The maximum absolute atomic E-state index is 10.5. The molecule has 1 heteroatoms. The number of hydrogen-bond acceptors (Lipinski definition) is 1. The highest BCUT2D eigenvalue weighted by Gasteiger charge is 2.33. The highest BCUT2D eigenvalue weighted by atomic mass is 16.3. The van der Waals surface area contributed by atoms with Crippen molar-refractivity contribution < 1.29 is 5.11 Å². The number of fused-ring (bicyclic) bond motifs is 2. The van der Waals surface area contributed by atoms with Gasteiger partial charge in [0.05, 0.1) is 6.10 Å². The van der Waals surface area contributed by atoms with Crippen molar-refractivity contribution in [2.24, 2.45) is 17.8 Å². The molecule has 0 aliphatic heterocycles. The van der Waals surface area contributed by atoms with Gasteiger partial charge in [0.2, 0.25) is 0 Å². The van der Waals surface area contributed by atoms with E-state index in [1.807, 2.05) is 30.3 Å². The standard InChI is InChI=1S/C16H20O/c17-16(14-7-2-1-3-8-14)15-10-12-5-4-6-13(9-12)11-15/h1-5,7-8,12-13,15-17H,6,9-11H2. The maximum Gasteiger partial charge on any atom is 0.0818 e. The minimum Gasteiger partial charge on any atom is -0.388 e. The van der Waals surface area contributed by atoms with Crippen molar-refractivity contribution in [2.45, 2.75) is 31.8 Å². The molecular formula is C16H20O. The molecule has 3 rings (SSSR count). The van der Waals surface area contributed by atoms with Gasteiger partial charge in [0.25, 0.3) is 0 Å². The van der Waals surface area contributed by atoms with Crippen LogP contribution in [0.25, 0.3) is 0 Å². The zero-order chi connectivity index (χ0) is 11.7. The SMILES string of the molecule is OC(c1ccccc1)C1CC2C=CCC(C2)C1. The van der Waals surface area contributed by atoms with Crippen molar-refractivity contribution in [3.05, 3.63) is 48.0 Å². The molecule has 1 saturated carbocycles. The first kappa shape index (κ1) is 11.0. The second kappa shape index (κ2) is 4.66. The Kier molecular flexibility index (Phi) is 3.02. The summed E-state index contributed by atoms with van der Waals surface area (Å²) in [5.74, 6) is 1.97. The Morgan fingerprint density at radius 3 is 2.65 bits per heavy atom. The lowest BCUT2D eigenvalue weighted by atomic mass is 9.69. The molecule has 4 atom stereocenters. The van der Waals surface area contributed by atoms with Crippen LogP contribution in [-0.2, 0) is 0 Å². The Bertz CT molecular complexity index is 395. The van der Waals surface area contributed by atoms with Crippen LogP contribution < -0.4 is 0 Å². The van der Waals surface area contributed by atoms with Gasteiger partial charge >= 0.3 is 0 Å². The molecule has 0 spiro atoms. The van der Waals surface area contributed by atoms with E-state index in [4.69, 9.17) is 0 Å². The van der Waals surface area contributed by atoms with Crippen LogP contribution in [0.15, 0.2) is 42.5 Å². The van der Waals surface area contributed by atoms with Crippen LogP contribution >= 0.6 is 0 Å². The van der Waals surface area contributed by atoms with Crippen LogP contribution in [0.5, 0.6) is 0 Å². The number of aliphatic hydroxyl groups excluding tert-OH is 1. The molecule has 0 saturated heterocycles. The summed E-state index contributed by atoms with van der Waals surface area (Å²) in [5.41, 5.74) is 1.08. The lowest BCUT2D eigenvalue weighted by Gasteiger charge is -2.38. The zero-order valence-corrected chi connectivity index (χ0v) is 10.1. The molecule has 1 N–H and O–H groups in total. The van der Waals surface area contributed by atoms with Gasteiger partial charge < -0.3 is 5.11 Å². The summed E-state index contributed by atoms with van der Waals surface area (Å²) in [7, 11) is 0. The first-order valence-corrected chi connectivity index (χ1v) is 6.72. The van der Waals surface area contributed by atoms with Gasteiger partial charge in [-0.3, -0.25) is 0 Å². The molecule has 2 aliphatic carbocycles. The van der Waals surface area contributed by atoms with E-state index >= 15 is 0 Å². The van der Waals surface area contributed by atoms with E-state index in [1.54, 1.807) is 0 Å². The topological polar surface area (TPSA) is 20.2 Å². The predicted molar refractivity (Wildman–Crippen MR) is 69.5 cm³/mol. The fourth-order valence-corrected chi connectivity index (χ4v) is 3.53. The first-order chi connectivity index (χ1) is 8.33. The summed E-state index contributed by atoms with van der Waals surface area (Å²) in [4.78, 5) is 0. The van der Waals surface area contributed by atoms with Crippen LogP contribution in [0, 0.1) is 17.8 Å². The van der Waals surface area contributed by atoms with Crippen molar-refractivity contribution >= 4 is 0 Å². The summed E-state index contributed by atoms with van der Waals surface area (Å²) in [6.45, 7) is 0. The third kappa shape index (κ3) is 2.30. The van der Waals surface area contributed by atoms with E-state index in [0.717, 1.165) is 17.9 Å². The summed E-state index contributed by atoms with van der Waals surface area (Å²) < 4.78 is 0. The van der Waals surface area contributed by atoms with Crippen molar-refractivity contribution in [2.75, 3.05) is 0 Å². The number of hydrogen-bond donors (Lipinski definition) is 1. The molecule has 0 heterocycles. The molecule has 1 aromatic rings. The summed E-state index contributed by atoms with van der Waals surface area (Å²) >= 11 is 0. The smallest absolute Gasteiger partial charge is 0.0818 e. The highest BCUT2D eigenvalue weighted by Crippen LogP contribution is 2.43. The van der Waals surface area contributed by atoms with Crippen LogP contribution in [0.3, 0.4) is 0 Å². The van der Waals surface area contributed by atoms with E-state index in [0.29, 0.717) is 11.8 Å². The Labute approximate surface area is 103 Å². The summed E-state index contributed by atoms with van der Waals surface area (Å²) in [6.07, 6.45) is 9.33. The Hall–Kier alpha value is -1.08. The highest BCUT2D eigenvalue weighted by molar-refractivity contribution is 5.18. The van der Waals surface area contributed by atoms with Crippen LogP contribution in [0.2, 0.25) is 0 Å². The lowest BCUT2D eigenvalue weighted by molar-refractivity contribution is 0.0543. The lowest BCUT2D eigenvalue weighted by Crippen LogP contribution is -2.28. The summed E-state index contributed by atoms with van der Waals surface area (Å²) in [5, 5.41) is 10.5. The van der Waals surface area contributed by atoms with Crippen molar-refractivity contribution in [1.29, 1.82) is 0 Å². The fourth-order valence-electron chi connectivity index (χ4n) is 3.53. The molecule has 0 radical (unpaired) electrons. The van der Waals surface area contributed by atoms with E-state index in [1.165, 1.54) is 19.3 Å². The van der Waals surface area contributed by atoms with E-state index in [2.05, 4.69) is 12.2 Å². The number of allylic oxidation sites excluding steroid dienone is 2. The average Bonchev–Trinajstić information content (AvgIpc) is 2.38. The Morgan fingerprint density at radius 1 is 1.06 bits per heavy atom. The first-order valence-electron chi connectivity index (χ1n) is 6.72. The molecule has 2 bridgehead atoms. The fraction of sp³-hybridized carbons (Fsp3) is 0.500. The van der Waals surface area contributed by atoms with Crippen molar-refractivity contribution in [3.63, 3.8) is 0 Å². The Balaban J connectivity index is 1.75. The van der Waals surface area contributed by atoms with Gasteiger partial charge in [-0.2, -0.15) is 0 Å². The zero-order valence-electron chi connectivity index (χ0n) is 10.1. The monoisotopic (exact) mass is 228 g/mol. The predicted octanol–water partition coefficient (Wildman–Crippen LogP) is 3.71. The van der Waals surface area contributed by atoms with Gasteiger partial charge in [-0.05, 0) is 49.0 Å². The second-order valence-electron chi connectivity index (χ2n) is 5.61. The van der Waals surface area contributed by atoms with Crippen LogP contribution in [0.1, 0.15) is 37.4 Å². The minimum absolute atomic E-state index is 0.270. The van der Waals surface area contributed by atoms with Gasteiger partial charge in [0.1, 0.15) is 0 Å². The van der Waals surface area contributed by atoms with Gasteiger partial charge in [-0.15, -0.1) is 0 Å². The second-order valence-corrected chi connectivity index (χ2v) is 5.61. The molecule has 4 unspecified atom stereocenters. The minimum atomic E-state index is -0.270. The number of aliphatic hydroxyl groups is 1. The molecule has 2 aliphatic rings. The molecule has 0 amide bonds. The number of rotatable bonds is 2. The van der Waals surface area contributed by atoms with Gasteiger partial charge in [0, 0.05) is 0 Å². The van der Waals surface area contributed by atoms with Gasteiger partial charge in [-0.25, -0.2) is 0 Å². The van der Waals surface area contributed by atoms with Crippen molar-refractivity contribution in [3.8, 4) is 0 Å². The molecule has 1 nitrogen and oxygen atoms in total. The van der Waals surface area contributed by atoms with Gasteiger partial charge in [-0.1, -0.05) is 42.5 Å². The third-order valence-electron chi connectivity index (χ3n) is 4.34. The summed E-state index contributed by atoms with van der Waals surface area (Å²) in [6, 6.07) is 10.1. The van der Waals surface area contributed by atoms with Crippen LogP contribution in [-0.4, -0.2) is 5.11 Å². The van der Waals surface area contributed by atoms with Crippen LogP contribution in [0.4, 0.5) is 0 Å². The normalized spacial score (nSPS) is 33.4. The quantitative estimate of drug-likeness (QED) is 0.765.